The van der Waals surface area contributed by atoms with E-state index in [2.05, 4.69) is 27.0 Å². The maximum atomic E-state index is 13.7. The van der Waals surface area contributed by atoms with Crippen molar-refractivity contribution >= 4 is 22.0 Å². The smallest absolute Gasteiger partial charge is 0.319 e. The Morgan fingerprint density at radius 1 is 1.08 bits per heavy atom. The number of hydrogen-bond donors (Lipinski definition) is 2. The lowest BCUT2D eigenvalue weighted by molar-refractivity contribution is -0.142. The molecular weight excluding hydrogens is 484 g/mol. The number of hydroxylamine groups is 1. The first kappa shape index (κ1) is 26.3. The van der Waals surface area contributed by atoms with Gasteiger partial charge in [0.2, 0.25) is 15.9 Å². The second-order valence-corrected chi connectivity index (χ2v) is 13.8. The number of likely N-dealkylation sites (N-methyl/N-ethyl adjacent to an activating group) is 1. The highest BCUT2D eigenvalue weighted by Gasteiger charge is 2.52. The molecule has 5 fully saturated rings. The van der Waals surface area contributed by atoms with Crippen molar-refractivity contribution in [2.24, 2.45) is 5.92 Å². The second kappa shape index (κ2) is 10.1. The highest BCUT2D eigenvalue weighted by atomic mass is 32.2. The van der Waals surface area contributed by atoms with Crippen molar-refractivity contribution in [1.82, 2.24) is 29.8 Å². The third kappa shape index (κ3) is 5.58. The second-order valence-electron chi connectivity index (χ2n) is 11.9. The number of amides is 3. The minimum atomic E-state index is -3.54. The SMILES string of the molecule is CC1CC(CN2C(=O)C3CC(S(=O)(=O)NC4(C)CC4)CCC3N(CCN3CCN(C)CC3)C2=O)ON1. The van der Waals surface area contributed by atoms with Crippen LogP contribution in [-0.4, -0.2) is 122 Å². The summed E-state index contributed by atoms with van der Waals surface area (Å²) >= 11 is 0. The zero-order chi connectivity index (χ0) is 25.7. The topological polar surface area (TPSA) is 115 Å². The van der Waals surface area contributed by atoms with E-state index in [1.54, 1.807) is 0 Å². The van der Waals surface area contributed by atoms with E-state index in [9.17, 15) is 18.0 Å². The molecule has 36 heavy (non-hydrogen) atoms. The normalized spacial score (nSPS) is 35.8. The predicted octanol–water partition coefficient (Wildman–Crippen LogP) is 0.189. The first-order chi connectivity index (χ1) is 17.0. The van der Waals surface area contributed by atoms with Crippen LogP contribution in [0.5, 0.6) is 0 Å². The van der Waals surface area contributed by atoms with Crippen LogP contribution in [0.25, 0.3) is 0 Å². The standard InChI is InChI=1S/C24H42N6O5S/c1-17-14-18(35-25-17)16-30-22(31)20-15-19(36(33,34)26-24(2)6-7-24)4-5-21(20)29(23(30)32)13-12-28-10-8-27(3)9-11-28/h17-21,25-26H,4-16H2,1-3H3. The number of imide groups is 1. The minimum Gasteiger partial charge on any atom is -0.319 e. The van der Waals surface area contributed by atoms with Crippen LogP contribution in [0.15, 0.2) is 0 Å². The van der Waals surface area contributed by atoms with Crippen LogP contribution in [0.3, 0.4) is 0 Å². The third-order valence-corrected chi connectivity index (χ3v) is 10.8. The Morgan fingerprint density at radius 2 is 1.81 bits per heavy atom. The molecule has 0 aromatic carbocycles. The lowest BCUT2D eigenvalue weighted by Crippen LogP contribution is -2.65. The molecule has 12 heteroatoms. The van der Waals surface area contributed by atoms with E-state index >= 15 is 0 Å². The van der Waals surface area contributed by atoms with Gasteiger partial charge in [-0.3, -0.25) is 19.4 Å². The molecule has 5 aliphatic rings. The van der Waals surface area contributed by atoms with Crippen LogP contribution in [0.4, 0.5) is 4.79 Å². The number of nitrogens with one attached hydrogen (secondary N) is 2. The molecule has 0 aromatic rings. The largest absolute Gasteiger partial charge is 0.327 e. The van der Waals surface area contributed by atoms with Crippen molar-refractivity contribution in [3.05, 3.63) is 0 Å². The minimum absolute atomic E-state index is 0.158. The Kier molecular flexibility index (Phi) is 7.38. The summed E-state index contributed by atoms with van der Waals surface area (Å²) < 4.78 is 29.2. The molecule has 5 rings (SSSR count). The van der Waals surface area contributed by atoms with Gasteiger partial charge < -0.3 is 9.80 Å². The number of sulfonamides is 1. The molecule has 0 bridgehead atoms. The molecule has 204 valence electrons. The third-order valence-electron chi connectivity index (χ3n) is 8.74. The molecule has 2 saturated carbocycles. The summed E-state index contributed by atoms with van der Waals surface area (Å²) in [6.45, 7) is 9.34. The average molecular weight is 527 g/mol. The summed E-state index contributed by atoms with van der Waals surface area (Å²) in [7, 11) is -1.42. The first-order valence-electron chi connectivity index (χ1n) is 13.5. The number of urea groups is 1. The summed E-state index contributed by atoms with van der Waals surface area (Å²) in [5.41, 5.74) is 2.58. The number of rotatable bonds is 8. The van der Waals surface area contributed by atoms with Crippen LogP contribution in [0.2, 0.25) is 0 Å². The highest BCUT2D eigenvalue weighted by molar-refractivity contribution is 7.90. The molecule has 3 saturated heterocycles. The highest BCUT2D eigenvalue weighted by Crippen LogP contribution is 2.40. The quantitative estimate of drug-likeness (QED) is 0.461. The van der Waals surface area contributed by atoms with E-state index in [0.29, 0.717) is 25.8 Å². The number of piperazine rings is 1. The number of carbonyl (C=O) groups excluding carboxylic acids is 2. The van der Waals surface area contributed by atoms with Crippen molar-refractivity contribution < 1.29 is 22.8 Å². The summed E-state index contributed by atoms with van der Waals surface area (Å²) in [5.74, 6) is -0.758. The fourth-order valence-electron chi connectivity index (χ4n) is 6.11. The van der Waals surface area contributed by atoms with E-state index in [1.165, 1.54) is 4.90 Å². The maximum Gasteiger partial charge on any atom is 0.327 e. The number of hydrogen-bond acceptors (Lipinski definition) is 8. The van der Waals surface area contributed by atoms with Gasteiger partial charge in [0.05, 0.1) is 23.8 Å². The molecular formula is C24H42N6O5S. The summed E-state index contributed by atoms with van der Waals surface area (Å²) in [6.07, 6.45) is 3.39. The van der Waals surface area contributed by atoms with E-state index in [1.807, 2.05) is 18.7 Å². The van der Waals surface area contributed by atoms with Gasteiger partial charge >= 0.3 is 6.03 Å². The van der Waals surface area contributed by atoms with Gasteiger partial charge in [0.25, 0.3) is 0 Å². The summed E-state index contributed by atoms with van der Waals surface area (Å²) in [4.78, 5) is 40.8. The van der Waals surface area contributed by atoms with Crippen molar-refractivity contribution in [3.63, 3.8) is 0 Å². The Balaban J connectivity index is 1.32. The Morgan fingerprint density at radius 3 is 2.44 bits per heavy atom. The van der Waals surface area contributed by atoms with Crippen molar-refractivity contribution in [1.29, 1.82) is 0 Å². The zero-order valence-corrected chi connectivity index (χ0v) is 22.6. The number of carbonyl (C=O) groups is 2. The molecule has 0 aromatic heterocycles. The molecule has 2 N–H and O–H groups in total. The molecule has 5 atom stereocenters. The fraction of sp³-hybridized carbons (Fsp3) is 0.917. The van der Waals surface area contributed by atoms with E-state index in [0.717, 1.165) is 45.6 Å². The zero-order valence-electron chi connectivity index (χ0n) is 21.8. The van der Waals surface area contributed by atoms with Gasteiger partial charge in [0, 0.05) is 56.9 Å². The van der Waals surface area contributed by atoms with Crippen LogP contribution in [0.1, 0.15) is 52.4 Å². The van der Waals surface area contributed by atoms with Gasteiger partial charge in [-0.25, -0.2) is 17.9 Å². The van der Waals surface area contributed by atoms with Crippen molar-refractivity contribution in [3.8, 4) is 0 Å². The number of fused-ring (bicyclic) bond motifs is 1. The molecule has 3 heterocycles. The lowest BCUT2D eigenvalue weighted by atomic mass is 9.80. The van der Waals surface area contributed by atoms with E-state index in [-0.39, 0.29) is 48.6 Å². The summed E-state index contributed by atoms with van der Waals surface area (Å²) in [6, 6.07) is -0.355. The van der Waals surface area contributed by atoms with Gasteiger partial charge in [0.1, 0.15) is 0 Å². The van der Waals surface area contributed by atoms with Gasteiger partial charge in [-0.15, -0.1) is 0 Å². The molecule has 3 aliphatic heterocycles. The Bertz CT molecular complexity index is 951. The van der Waals surface area contributed by atoms with Crippen LogP contribution in [0, 0.1) is 5.92 Å². The fourth-order valence-corrected chi connectivity index (χ4v) is 8.08. The van der Waals surface area contributed by atoms with Gasteiger partial charge in [-0.1, -0.05) is 0 Å². The average Bonchev–Trinajstić information content (AvgIpc) is 3.40. The molecule has 0 radical (unpaired) electrons. The van der Waals surface area contributed by atoms with Gasteiger partial charge in [-0.2, -0.15) is 5.48 Å². The van der Waals surface area contributed by atoms with E-state index in [4.69, 9.17) is 4.84 Å². The molecule has 5 unspecified atom stereocenters. The predicted molar refractivity (Wildman–Crippen MR) is 134 cm³/mol. The lowest BCUT2D eigenvalue weighted by Gasteiger charge is -2.49. The molecule has 3 amide bonds. The van der Waals surface area contributed by atoms with Crippen molar-refractivity contribution in [2.45, 2.75) is 81.3 Å². The maximum absolute atomic E-state index is 13.7. The van der Waals surface area contributed by atoms with Gasteiger partial charge in [0.15, 0.2) is 0 Å². The van der Waals surface area contributed by atoms with Crippen molar-refractivity contribution in [2.75, 3.05) is 52.9 Å². The van der Waals surface area contributed by atoms with Crippen LogP contribution < -0.4 is 10.2 Å². The monoisotopic (exact) mass is 526 g/mol. The summed E-state index contributed by atoms with van der Waals surface area (Å²) in [5, 5.41) is -0.612. The van der Waals surface area contributed by atoms with Crippen LogP contribution >= 0.6 is 0 Å². The molecule has 0 spiro atoms. The Labute approximate surface area is 214 Å². The Hall–Kier alpha value is -1.31. The van der Waals surface area contributed by atoms with Crippen LogP contribution in [-0.2, 0) is 19.7 Å². The first-order valence-corrected chi connectivity index (χ1v) is 15.1. The molecule has 2 aliphatic carbocycles. The van der Waals surface area contributed by atoms with Gasteiger partial charge in [-0.05, 0) is 59.4 Å². The number of nitrogens with zero attached hydrogens (tertiary/aromatic N) is 4. The molecule has 11 nitrogen and oxygen atoms in total. The van der Waals surface area contributed by atoms with E-state index < -0.39 is 21.2 Å².